The average molecular weight is 287 g/mol. The minimum Gasteiger partial charge on any atom is -0.379 e. The molecule has 122 valence electrons. The monoisotopic (exact) mass is 287 g/mol. The first kappa shape index (κ1) is 19.9. The lowest BCUT2D eigenvalue weighted by Gasteiger charge is -2.33. The molecule has 1 saturated heterocycles. The molecule has 0 aliphatic carbocycles. The lowest BCUT2D eigenvalue weighted by Crippen LogP contribution is -2.37. The van der Waals surface area contributed by atoms with E-state index in [0.29, 0.717) is 12.0 Å². The van der Waals surface area contributed by atoms with Gasteiger partial charge in [-0.15, -0.1) is 0 Å². The van der Waals surface area contributed by atoms with Gasteiger partial charge in [0.2, 0.25) is 0 Å². The van der Waals surface area contributed by atoms with Crippen LogP contribution in [0.15, 0.2) is 0 Å². The quantitative estimate of drug-likeness (QED) is 0.707. The van der Waals surface area contributed by atoms with Crippen LogP contribution in [0.25, 0.3) is 0 Å². The standard InChI is InChI=1S/C15H31NO2.C2H6/c1-13(2)17-10-8-15(3,4)18-12-14-7-6-9-16(5)11-14;1-2/h13-14H,6-12H2,1-5H3;1-2H3. The number of nitrogens with zero attached hydrogens (tertiary/aromatic N) is 1. The van der Waals surface area contributed by atoms with Crippen molar-refractivity contribution in [3.05, 3.63) is 0 Å². The van der Waals surface area contributed by atoms with Gasteiger partial charge < -0.3 is 14.4 Å². The van der Waals surface area contributed by atoms with E-state index in [0.717, 1.165) is 19.6 Å². The summed E-state index contributed by atoms with van der Waals surface area (Å²) < 4.78 is 11.7. The fourth-order valence-electron chi connectivity index (χ4n) is 2.37. The molecule has 0 aromatic carbocycles. The van der Waals surface area contributed by atoms with Crippen LogP contribution in [-0.2, 0) is 9.47 Å². The first-order chi connectivity index (χ1) is 9.39. The zero-order valence-electron chi connectivity index (χ0n) is 14.9. The molecule has 3 heteroatoms. The normalized spacial score (nSPS) is 20.7. The van der Waals surface area contributed by atoms with Gasteiger partial charge in [-0.05, 0) is 66.5 Å². The van der Waals surface area contributed by atoms with Crippen LogP contribution in [0, 0.1) is 5.92 Å². The van der Waals surface area contributed by atoms with Crippen LogP contribution >= 0.6 is 0 Å². The van der Waals surface area contributed by atoms with Crippen molar-refractivity contribution >= 4 is 0 Å². The van der Waals surface area contributed by atoms with Crippen molar-refractivity contribution in [1.82, 2.24) is 4.90 Å². The number of piperidine rings is 1. The van der Waals surface area contributed by atoms with Gasteiger partial charge in [-0.25, -0.2) is 0 Å². The second-order valence-corrected chi connectivity index (χ2v) is 6.51. The van der Waals surface area contributed by atoms with E-state index in [2.05, 4.69) is 39.6 Å². The Balaban J connectivity index is 0.00000172. The van der Waals surface area contributed by atoms with E-state index in [-0.39, 0.29) is 5.60 Å². The Morgan fingerprint density at radius 1 is 1.25 bits per heavy atom. The molecular formula is C17H37NO2. The molecule has 1 rings (SSSR count). The van der Waals surface area contributed by atoms with Crippen LogP contribution in [0.4, 0.5) is 0 Å². The molecule has 0 spiro atoms. The minimum absolute atomic E-state index is 0.0646. The number of hydrogen-bond acceptors (Lipinski definition) is 3. The molecule has 20 heavy (non-hydrogen) atoms. The molecule has 0 radical (unpaired) electrons. The molecule has 1 unspecified atom stereocenters. The van der Waals surface area contributed by atoms with Crippen molar-refractivity contribution in [1.29, 1.82) is 0 Å². The molecule has 0 aromatic heterocycles. The van der Waals surface area contributed by atoms with Gasteiger partial charge in [0.1, 0.15) is 0 Å². The summed E-state index contributed by atoms with van der Waals surface area (Å²) in [6.45, 7) is 16.6. The van der Waals surface area contributed by atoms with Gasteiger partial charge in [-0.3, -0.25) is 0 Å². The Labute approximate surface area is 127 Å². The number of likely N-dealkylation sites (tertiary alicyclic amines) is 1. The van der Waals surface area contributed by atoms with Crippen LogP contribution in [0.3, 0.4) is 0 Å². The van der Waals surface area contributed by atoms with Gasteiger partial charge in [-0.2, -0.15) is 0 Å². The summed E-state index contributed by atoms with van der Waals surface area (Å²) in [5.74, 6) is 0.703. The predicted octanol–water partition coefficient (Wildman–Crippen LogP) is 3.96. The molecule has 1 aliphatic rings. The van der Waals surface area contributed by atoms with E-state index in [9.17, 15) is 0 Å². The molecule has 1 atom stereocenters. The van der Waals surface area contributed by atoms with Gasteiger partial charge in [0.25, 0.3) is 0 Å². The predicted molar refractivity (Wildman–Crippen MR) is 87.3 cm³/mol. The minimum atomic E-state index is -0.0646. The summed E-state index contributed by atoms with van der Waals surface area (Å²) in [5, 5.41) is 0. The Morgan fingerprint density at radius 3 is 2.45 bits per heavy atom. The third-order valence-corrected chi connectivity index (χ3v) is 3.59. The van der Waals surface area contributed by atoms with Crippen molar-refractivity contribution in [3.8, 4) is 0 Å². The second-order valence-electron chi connectivity index (χ2n) is 6.51. The first-order valence-corrected chi connectivity index (χ1v) is 8.33. The third-order valence-electron chi connectivity index (χ3n) is 3.59. The molecule has 3 nitrogen and oxygen atoms in total. The molecule has 1 fully saturated rings. The molecule has 1 aliphatic heterocycles. The molecular weight excluding hydrogens is 250 g/mol. The summed E-state index contributed by atoms with van der Waals surface area (Å²) >= 11 is 0. The van der Waals surface area contributed by atoms with Gasteiger partial charge in [0.15, 0.2) is 0 Å². The Morgan fingerprint density at radius 2 is 1.90 bits per heavy atom. The highest BCUT2D eigenvalue weighted by Gasteiger charge is 2.23. The summed E-state index contributed by atoms with van der Waals surface area (Å²) in [5.41, 5.74) is -0.0646. The summed E-state index contributed by atoms with van der Waals surface area (Å²) in [4.78, 5) is 2.41. The van der Waals surface area contributed by atoms with Crippen molar-refractivity contribution < 1.29 is 9.47 Å². The smallest absolute Gasteiger partial charge is 0.0648 e. The largest absolute Gasteiger partial charge is 0.379 e. The molecule has 0 aromatic rings. The van der Waals surface area contributed by atoms with Crippen molar-refractivity contribution in [2.24, 2.45) is 5.92 Å². The molecule has 0 bridgehead atoms. The zero-order chi connectivity index (χ0) is 15.6. The highest BCUT2D eigenvalue weighted by Crippen LogP contribution is 2.20. The zero-order valence-corrected chi connectivity index (χ0v) is 14.9. The molecule has 1 heterocycles. The summed E-state index contributed by atoms with van der Waals surface area (Å²) in [6, 6.07) is 0. The van der Waals surface area contributed by atoms with Gasteiger partial charge in [-0.1, -0.05) is 13.8 Å². The maximum absolute atomic E-state index is 6.09. The van der Waals surface area contributed by atoms with E-state index in [1.165, 1.54) is 25.9 Å². The van der Waals surface area contributed by atoms with Crippen LogP contribution in [0.2, 0.25) is 0 Å². The fraction of sp³-hybridized carbons (Fsp3) is 1.00. The Kier molecular flexibility index (Phi) is 10.5. The average Bonchev–Trinajstić information content (AvgIpc) is 2.38. The van der Waals surface area contributed by atoms with Gasteiger partial charge in [0.05, 0.1) is 18.3 Å². The first-order valence-electron chi connectivity index (χ1n) is 8.33. The number of ether oxygens (including phenoxy) is 2. The van der Waals surface area contributed by atoms with Crippen molar-refractivity contribution in [3.63, 3.8) is 0 Å². The second kappa shape index (κ2) is 10.6. The third kappa shape index (κ3) is 9.73. The Hall–Kier alpha value is -0.120. The van der Waals surface area contributed by atoms with Crippen LogP contribution in [0.1, 0.15) is 60.8 Å². The van der Waals surface area contributed by atoms with E-state index in [4.69, 9.17) is 9.47 Å². The van der Waals surface area contributed by atoms with Crippen LogP contribution in [-0.4, -0.2) is 50.0 Å². The van der Waals surface area contributed by atoms with Crippen LogP contribution in [0.5, 0.6) is 0 Å². The highest BCUT2D eigenvalue weighted by molar-refractivity contribution is 4.74. The van der Waals surface area contributed by atoms with Crippen molar-refractivity contribution in [2.75, 3.05) is 33.4 Å². The SMILES string of the molecule is CC.CC(C)OCCC(C)(C)OCC1CCCN(C)C1. The van der Waals surface area contributed by atoms with E-state index in [1.807, 2.05) is 13.8 Å². The van der Waals surface area contributed by atoms with Gasteiger partial charge >= 0.3 is 0 Å². The topological polar surface area (TPSA) is 21.7 Å². The molecule has 0 N–H and O–H groups in total. The molecule has 0 amide bonds. The highest BCUT2D eigenvalue weighted by atomic mass is 16.5. The van der Waals surface area contributed by atoms with Crippen molar-refractivity contribution in [2.45, 2.75) is 72.5 Å². The van der Waals surface area contributed by atoms with Gasteiger partial charge in [0, 0.05) is 13.2 Å². The summed E-state index contributed by atoms with van der Waals surface area (Å²) in [6.07, 6.45) is 3.89. The lowest BCUT2D eigenvalue weighted by molar-refractivity contribution is -0.0665. The number of rotatable bonds is 7. The lowest BCUT2D eigenvalue weighted by atomic mass is 9.98. The van der Waals surface area contributed by atoms with Crippen LogP contribution < -0.4 is 0 Å². The summed E-state index contributed by atoms with van der Waals surface area (Å²) in [7, 11) is 2.20. The van der Waals surface area contributed by atoms with E-state index < -0.39 is 0 Å². The maximum Gasteiger partial charge on any atom is 0.0648 e. The Bertz CT molecular complexity index is 229. The molecule has 0 saturated carbocycles. The fourth-order valence-corrected chi connectivity index (χ4v) is 2.37. The maximum atomic E-state index is 6.09. The van der Waals surface area contributed by atoms with E-state index in [1.54, 1.807) is 0 Å². The van der Waals surface area contributed by atoms with E-state index >= 15 is 0 Å². The number of hydrogen-bond donors (Lipinski definition) is 0.